The van der Waals surface area contributed by atoms with E-state index >= 15 is 0 Å². The third kappa shape index (κ3) is 2.99. The van der Waals surface area contributed by atoms with Gasteiger partial charge >= 0.3 is 0 Å². The Hall–Kier alpha value is -2.16. The quantitative estimate of drug-likeness (QED) is 0.597. The number of likely N-dealkylation sites (tertiary alicyclic amines) is 1. The zero-order valence-corrected chi connectivity index (χ0v) is 19.5. The minimum Gasteiger partial charge on any atom is -0.394 e. The molecule has 3 aliphatic rings. The molecule has 32 heavy (non-hydrogen) atoms. The summed E-state index contributed by atoms with van der Waals surface area (Å²) >= 11 is 6.33. The van der Waals surface area contributed by atoms with Crippen LogP contribution in [0.2, 0.25) is 5.02 Å². The summed E-state index contributed by atoms with van der Waals surface area (Å²) < 4.78 is 6.58. The normalized spacial score (nSPS) is 33.9. The van der Waals surface area contributed by atoms with E-state index in [4.69, 9.17) is 16.3 Å². The van der Waals surface area contributed by atoms with Crippen LogP contribution in [-0.4, -0.2) is 64.7 Å². The van der Waals surface area contributed by atoms with Crippen molar-refractivity contribution in [3.05, 3.63) is 28.8 Å². The first-order valence-corrected chi connectivity index (χ1v) is 11.5. The molecule has 1 spiro atoms. The Labute approximate surface area is 192 Å². The van der Waals surface area contributed by atoms with E-state index in [2.05, 4.69) is 10.6 Å². The largest absolute Gasteiger partial charge is 0.394 e. The first-order valence-electron chi connectivity index (χ1n) is 11.1. The zero-order valence-electron chi connectivity index (χ0n) is 18.8. The Morgan fingerprint density at radius 3 is 2.66 bits per heavy atom. The smallest absolute Gasteiger partial charge is 0.250 e. The lowest BCUT2D eigenvalue weighted by Gasteiger charge is -2.36. The van der Waals surface area contributed by atoms with Gasteiger partial charge in [0.15, 0.2) is 0 Å². The van der Waals surface area contributed by atoms with Gasteiger partial charge in [0.25, 0.3) is 0 Å². The van der Waals surface area contributed by atoms with Gasteiger partial charge in [-0.1, -0.05) is 30.7 Å². The van der Waals surface area contributed by atoms with Gasteiger partial charge in [-0.05, 0) is 44.7 Å². The molecule has 2 unspecified atom stereocenters. The lowest BCUT2D eigenvalue weighted by Crippen LogP contribution is -2.56. The Balaban J connectivity index is 1.81. The fourth-order valence-electron chi connectivity index (χ4n) is 6.05. The SMILES string of the molecule is CC[C@@]12CCC3(O1)C(C(=O)Nc1c(C)cccc1Cl)N([C@H](C)CO)C(=O)[C@@H]3[C@@H]2C(=O)NC. The van der Waals surface area contributed by atoms with Gasteiger partial charge < -0.3 is 25.4 Å². The molecule has 0 saturated carbocycles. The Morgan fingerprint density at radius 1 is 1.34 bits per heavy atom. The lowest BCUT2D eigenvalue weighted by molar-refractivity contribution is -0.148. The van der Waals surface area contributed by atoms with Crippen molar-refractivity contribution in [3.8, 4) is 0 Å². The number of carbonyl (C=O) groups excluding carboxylic acids is 3. The highest BCUT2D eigenvalue weighted by atomic mass is 35.5. The summed E-state index contributed by atoms with van der Waals surface area (Å²) in [5.41, 5.74) is -0.652. The van der Waals surface area contributed by atoms with Crippen LogP contribution in [0.4, 0.5) is 5.69 Å². The molecule has 1 aromatic rings. The number of benzene rings is 1. The van der Waals surface area contributed by atoms with E-state index in [0.717, 1.165) is 5.56 Å². The maximum absolute atomic E-state index is 13.7. The van der Waals surface area contributed by atoms with E-state index in [9.17, 15) is 19.5 Å². The first kappa shape index (κ1) is 23.0. The second-order valence-corrected chi connectivity index (χ2v) is 9.55. The predicted octanol–water partition coefficient (Wildman–Crippen LogP) is 1.87. The number of halogens is 1. The Morgan fingerprint density at radius 2 is 2.06 bits per heavy atom. The van der Waals surface area contributed by atoms with E-state index in [-0.39, 0.29) is 18.4 Å². The molecule has 9 heteroatoms. The molecule has 3 heterocycles. The summed E-state index contributed by atoms with van der Waals surface area (Å²) in [7, 11) is 1.54. The zero-order chi connectivity index (χ0) is 23.4. The number of aryl methyl sites for hydroxylation is 1. The fraction of sp³-hybridized carbons (Fsp3) is 0.609. The van der Waals surface area contributed by atoms with Gasteiger partial charge in [-0.3, -0.25) is 14.4 Å². The molecule has 6 atom stereocenters. The minimum atomic E-state index is -1.13. The number of nitrogens with one attached hydrogen (secondary N) is 2. The standard InChI is InChI=1S/C23H30ClN3O5/c1-5-22-9-10-23(32-22)16(15(22)19(29)25-4)21(31)27(13(3)11-28)18(23)20(30)26-17-12(2)7-6-8-14(17)24/h6-8,13,15-16,18,28H,5,9-11H2,1-4H3,(H,25,29)(H,26,30)/t13-,15-,16+,18?,22+,23?/m1/s1. The molecule has 0 aliphatic carbocycles. The molecular weight excluding hydrogens is 434 g/mol. The Kier molecular flexibility index (Phi) is 5.76. The first-order chi connectivity index (χ1) is 15.2. The van der Waals surface area contributed by atoms with Crippen LogP contribution >= 0.6 is 11.6 Å². The highest BCUT2D eigenvalue weighted by Crippen LogP contribution is 2.64. The van der Waals surface area contributed by atoms with Crippen molar-refractivity contribution in [2.45, 2.75) is 63.3 Å². The van der Waals surface area contributed by atoms with Gasteiger partial charge in [0.05, 0.1) is 40.8 Å². The molecule has 3 aliphatic heterocycles. The number of carbonyl (C=O) groups is 3. The number of aliphatic hydroxyl groups is 1. The van der Waals surface area contributed by atoms with Crippen LogP contribution in [0.25, 0.3) is 0 Å². The second kappa shape index (κ2) is 8.01. The van der Waals surface area contributed by atoms with Crippen LogP contribution in [0.3, 0.4) is 0 Å². The topological polar surface area (TPSA) is 108 Å². The number of fused-ring (bicyclic) bond motifs is 1. The average Bonchev–Trinajstić information content (AvgIpc) is 3.39. The van der Waals surface area contributed by atoms with Crippen LogP contribution in [0, 0.1) is 18.8 Å². The molecular formula is C23H30ClN3O5. The monoisotopic (exact) mass is 463 g/mol. The van der Waals surface area contributed by atoms with Gasteiger partial charge in [0, 0.05) is 7.05 Å². The fourth-order valence-corrected chi connectivity index (χ4v) is 6.32. The summed E-state index contributed by atoms with van der Waals surface area (Å²) in [4.78, 5) is 41.8. The number of nitrogens with zero attached hydrogens (tertiary/aromatic N) is 1. The Bertz CT molecular complexity index is 951. The van der Waals surface area contributed by atoms with Gasteiger partial charge in [0.1, 0.15) is 11.6 Å². The molecule has 1 aromatic carbocycles. The number of anilines is 1. The summed E-state index contributed by atoms with van der Waals surface area (Å²) in [6, 6.07) is 3.71. The summed E-state index contributed by atoms with van der Waals surface area (Å²) in [5.74, 6) is -2.49. The van der Waals surface area contributed by atoms with Crippen molar-refractivity contribution in [2.24, 2.45) is 11.8 Å². The second-order valence-electron chi connectivity index (χ2n) is 9.15. The van der Waals surface area contributed by atoms with Crippen molar-refractivity contribution in [1.82, 2.24) is 10.2 Å². The number of rotatable bonds is 6. The maximum Gasteiger partial charge on any atom is 0.250 e. The van der Waals surface area contributed by atoms with Gasteiger partial charge in [-0.25, -0.2) is 0 Å². The van der Waals surface area contributed by atoms with Crippen LogP contribution in [0.1, 0.15) is 38.7 Å². The molecule has 3 saturated heterocycles. The van der Waals surface area contributed by atoms with Crippen molar-refractivity contribution in [3.63, 3.8) is 0 Å². The van der Waals surface area contributed by atoms with Crippen molar-refractivity contribution in [1.29, 1.82) is 0 Å². The molecule has 2 bridgehead atoms. The molecule has 174 valence electrons. The van der Waals surface area contributed by atoms with Crippen LogP contribution in [0.5, 0.6) is 0 Å². The van der Waals surface area contributed by atoms with E-state index in [1.165, 1.54) is 4.90 Å². The van der Waals surface area contributed by atoms with Crippen molar-refractivity contribution in [2.75, 3.05) is 19.0 Å². The minimum absolute atomic E-state index is 0.258. The average molecular weight is 464 g/mol. The number of ether oxygens (including phenoxy) is 1. The van der Waals surface area contributed by atoms with Gasteiger partial charge in [0.2, 0.25) is 17.7 Å². The molecule has 0 aromatic heterocycles. The molecule has 0 radical (unpaired) electrons. The number of para-hydroxylation sites is 1. The molecule has 3 N–H and O–H groups in total. The highest BCUT2D eigenvalue weighted by Gasteiger charge is 2.78. The summed E-state index contributed by atoms with van der Waals surface area (Å²) in [5, 5.41) is 15.8. The van der Waals surface area contributed by atoms with Crippen LogP contribution in [-0.2, 0) is 19.1 Å². The van der Waals surface area contributed by atoms with Gasteiger partial charge in [-0.15, -0.1) is 0 Å². The number of hydrogen-bond acceptors (Lipinski definition) is 5. The molecule has 3 amide bonds. The van der Waals surface area contributed by atoms with E-state index in [1.54, 1.807) is 26.1 Å². The highest BCUT2D eigenvalue weighted by molar-refractivity contribution is 6.34. The van der Waals surface area contributed by atoms with E-state index in [1.807, 2.05) is 19.9 Å². The van der Waals surface area contributed by atoms with Crippen molar-refractivity contribution < 1.29 is 24.2 Å². The predicted molar refractivity (Wildman–Crippen MR) is 119 cm³/mol. The third-order valence-corrected chi connectivity index (χ3v) is 7.92. The van der Waals surface area contributed by atoms with E-state index < -0.39 is 41.0 Å². The number of amides is 3. The number of aliphatic hydroxyl groups excluding tert-OH is 1. The van der Waals surface area contributed by atoms with Crippen molar-refractivity contribution >= 4 is 35.0 Å². The summed E-state index contributed by atoms with van der Waals surface area (Å²) in [6.45, 7) is 5.15. The molecule has 8 nitrogen and oxygen atoms in total. The lowest BCUT2D eigenvalue weighted by atomic mass is 9.65. The maximum atomic E-state index is 13.7. The third-order valence-electron chi connectivity index (χ3n) is 7.61. The number of hydrogen-bond donors (Lipinski definition) is 3. The summed E-state index contributed by atoms with van der Waals surface area (Å²) in [6.07, 6.45) is 1.63. The van der Waals surface area contributed by atoms with E-state index in [0.29, 0.717) is 30.0 Å². The molecule has 3 fully saturated rings. The molecule has 4 rings (SSSR count). The van der Waals surface area contributed by atoms with Crippen LogP contribution < -0.4 is 10.6 Å². The van der Waals surface area contributed by atoms with Crippen LogP contribution in [0.15, 0.2) is 18.2 Å². The van der Waals surface area contributed by atoms with Gasteiger partial charge in [-0.2, -0.15) is 0 Å².